The van der Waals surface area contributed by atoms with E-state index in [0.29, 0.717) is 6.66 Å². The summed E-state index contributed by atoms with van der Waals surface area (Å²) in [7, 11) is -4.14. The summed E-state index contributed by atoms with van der Waals surface area (Å²) < 4.78 is 9.10. The van der Waals surface area contributed by atoms with Crippen molar-refractivity contribution in [3.8, 4) is 0 Å². The lowest BCUT2D eigenvalue weighted by molar-refractivity contribution is -0.368. The summed E-state index contributed by atoms with van der Waals surface area (Å²) in [5.41, 5.74) is 7.35. The fourth-order valence-electron chi connectivity index (χ4n) is 0.500. The van der Waals surface area contributed by atoms with Crippen molar-refractivity contribution >= 4 is 7.60 Å². The molecule has 6 N–H and O–H groups in total. The van der Waals surface area contributed by atoms with E-state index in [0.717, 1.165) is 13.1 Å². The Hall–Kier alpha value is 0.0700. The maximum Gasteiger partial charge on any atom is 0.0739 e. The predicted molar refractivity (Wildman–Crippen MR) is 58.9 cm³/mol. The van der Waals surface area contributed by atoms with Crippen molar-refractivity contribution in [2.75, 3.05) is 19.8 Å². The van der Waals surface area contributed by atoms with E-state index in [1.807, 2.05) is 0 Å². The van der Waals surface area contributed by atoms with Gasteiger partial charge in [0.25, 0.3) is 0 Å². The molecule has 0 spiro atoms. The van der Waals surface area contributed by atoms with Crippen LogP contribution in [0.1, 0.15) is 39.5 Å². The average Bonchev–Trinajstić information content (AvgIpc) is 2.05. The van der Waals surface area contributed by atoms with E-state index >= 15 is 0 Å². The van der Waals surface area contributed by atoms with Gasteiger partial charge < -0.3 is 25.8 Å². The first-order valence-electron chi connectivity index (χ1n) is 5.41. The fourth-order valence-corrected chi connectivity index (χ4v) is 0.500. The lowest BCUT2D eigenvalue weighted by Gasteiger charge is -2.22. The van der Waals surface area contributed by atoms with Gasteiger partial charge in [0.2, 0.25) is 0 Å². The summed E-state index contributed by atoms with van der Waals surface area (Å²) in [5, 5.41) is 0. The summed E-state index contributed by atoms with van der Waals surface area (Å²) in [6.45, 7) is 7.16. The molecule has 0 aromatic rings. The van der Waals surface area contributed by atoms with Gasteiger partial charge in [0, 0.05) is 0 Å². The topological polar surface area (TPSA) is 118 Å². The normalized spacial score (nSPS) is 9.53. The van der Waals surface area contributed by atoms with E-state index in [2.05, 4.69) is 25.3 Å². The first-order valence-corrected chi connectivity index (χ1v) is 7.40. The van der Waals surface area contributed by atoms with Crippen LogP contribution in [-0.4, -0.2) is 19.8 Å². The molecule has 0 fully saturated rings. The molecule has 0 aromatic carbocycles. The zero-order valence-electron chi connectivity index (χ0n) is 10.3. The van der Waals surface area contributed by atoms with E-state index in [1.165, 1.54) is 25.7 Å². The molecular formula is C9H27N2O3P. The Morgan fingerprint density at radius 2 is 1.20 bits per heavy atom. The van der Waals surface area contributed by atoms with Crippen molar-refractivity contribution in [2.24, 2.45) is 0 Å². The van der Waals surface area contributed by atoms with Crippen molar-refractivity contribution in [1.29, 1.82) is 0 Å². The third-order valence-corrected chi connectivity index (χ3v) is 1.21. The minimum atomic E-state index is -4.14. The van der Waals surface area contributed by atoms with Crippen LogP contribution in [0.25, 0.3) is 0 Å². The zero-order chi connectivity index (χ0) is 12.7. The highest BCUT2D eigenvalue weighted by Crippen LogP contribution is 2.12. The maximum absolute atomic E-state index is 9.10. The van der Waals surface area contributed by atoms with Gasteiger partial charge in [0.05, 0.1) is 13.1 Å². The first kappa shape index (κ1) is 20.5. The van der Waals surface area contributed by atoms with Crippen LogP contribution in [0.15, 0.2) is 0 Å². The molecule has 6 heteroatoms. The van der Waals surface area contributed by atoms with Crippen molar-refractivity contribution < 1.29 is 25.8 Å². The van der Waals surface area contributed by atoms with Crippen LogP contribution in [0, 0.1) is 0 Å². The second-order valence-corrected chi connectivity index (χ2v) is 4.73. The standard InChI is InChI=1S/2C4H11N.CH5O3P/c2*1-2-3-4-5;1-5(2,3)4/h2*2-5H2,1H3;1H3,(H2,2,3,4). The molecule has 0 aliphatic carbocycles. The van der Waals surface area contributed by atoms with Crippen molar-refractivity contribution in [2.45, 2.75) is 39.5 Å². The summed E-state index contributed by atoms with van der Waals surface area (Å²) in [6.07, 6.45) is 5.12. The van der Waals surface area contributed by atoms with Gasteiger partial charge in [0.15, 0.2) is 0 Å². The van der Waals surface area contributed by atoms with E-state index < -0.39 is 7.60 Å². The molecular weight excluding hydrogens is 215 g/mol. The molecule has 0 aliphatic rings. The van der Waals surface area contributed by atoms with Crippen LogP contribution in [-0.2, 0) is 4.57 Å². The quantitative estimate of drug-likeness (QED) is 0.589. The summed E-state index contributed by atoms with van der Waals surface area (Å²) in [5.74, 6) is 0. The SMILES string of the molecule is CCCC[NH3+].CCCC[NH3+].CP(=O)([O-])[O-]. The van der Waals surface area contributed by atoms with Crippen molar-refractivity contribution in [1.82, 2.24) is 0 Å². The van der Waals surface area contributed by atoms with Crippen LogP contribution in [0.3, 0.4) is 0 Å². The van der Waals surface area contributed by atoms with Crippen LogP contribution in [0.2, 0.25) is 0 Å². The fraction of sp³-hybridized carbons (Fsp3) is 1.00. The smallest absolute Gasteiger partial charge is 0.0739 e. The van der Waals surface area contributed by atoms with Gasteiger partial charge in [-0.15, -0.1) is 0 Å². The Morgan fingerprint density at radius 1 is 1.00 bits per heavy atom. The molecule has 0 aliphatic heterocycles. The van der Waals surface area contributed by atoms with Gasteiger partial charge in [-0.25, -0.2) is 0 Å². The molecule has 0 radical (unpaired) electrons. The monoisotopic (exact) mass is 242 g/mol. The van der Waals surface area contributed by atoms with Gasteiger partial charge in [-0.2, -0.15) is 0 Å². The van der Waals surface area contributed by atoms with Crippen LogP contribution < -0.4 is 21.3 Å². The lowest BCUT2D eigenvalue weighted by Crippen LogP contribution is -2.49. The van der Waals surface area contributed by atoms with Gasteiger partial charge in [-0.3, -0.25) is 0 Å². The number of rotatable bonds is 4. The molecule has 0 unspecified atom stereocenters. The Labute approximate surface area is 93.4 Å². The summed E-state index contributed by atoms with van der Waals surface area (Å²) in [6, 6.07) is 0. The minimum Gasteiger partial charge on any atom is -0.811 e. The zero-order valence-corrected chi connectivity index (χ0v) is 11.2. The maximum atomic E-state index is 9.10. The Morgan fingerprint density at radius 3 is 1.20 bits per heavy atom. The van der Waals surface area contributed by atoms with E-state index in [-0.39, 0.29) is 0 Å². The third-order valence-electron chi connectivity index (χ3n) is 1.21. The molecule has 0 atom stereocenters. The van der Waals surface area contributed by atoms with E-state index in [9.17, 15) is 0 Å². The molecule has 0 saturated heterocycles. The second-order valence-electron chi connectivity index (χ2n) is 3.19. The van der Waals surface area contributed by atoms with Gasteiger partial charge in [-0.05, 0) is 19.5 Å². The van der Waals surface area contributed by atoms with Crippen LogP contribution in [0.5, 0.6) is 0 Å². The second kappa shape index (κ2) is 16.5. The average molecular weight is 242 g/mol. The molecule has 0 saturated carbocycles. The van der Waals surface area contributed by atoms with E-state index in [1.54, 1.807) is 0 Å². The van der Waals surface area contributed by atoms with Gasteiger partial charge in [0.1, 0.15) is 0 Å². The summed E-state index contributed by atoms with van der Waals surface area (Å²) >= 11 is 0. The largest absolute Gasteiger partial charge is 0.811 e. The highest BCUT2D eigenvalue weighted by atomic mass is 31.2. The lowest BCUT2D eigenvalue weighted by atomic mass is 10.3. The predicted octanol–water partition coefficient (Wildman–Crippen LogP) is -1.41. The molecule has 0 heterocycles. The highest BCUT2D eigenvalue weighted by molar-refractivity contribution is 7.47. The van der Waals surface area contributed by atoms with Gasteiger partial charge >= 0.3 is 0 Å². The number of quaternary nitrogens is 2. The van der Waals surface area contributed by atoms with Gasteiger partial charge in [-0.1, -0.05) is 34.3 Å². The van der Waals surface area contributed by atoms with Crippen molar-refractivity contribution in [3.05, 3.63) is 0 Å². The molecule has 5 nitrogen and oxygen atoms in total. The third kappa shape index (κ3) is 124. The molecule has 0 amide bonds. The van der Waals surface area contributed by atoms with Crippen LogP contribution in [0.4, 0.5) is 0 Å². The number of hydrogen-bond donors (Lipinski definition) is 2. The van der Waals surface area contributed by atoms with E-state index in [4.69, 9.17) is 14.4 Å². The van der Waals surface area contributed by atoms with Crippen LogP contribution >= 0.6 is 7.60 Å². The molecule has 96 valence electrons. The molecule has 0 bridgehead atoms. The highest BCUT2D eigenvalue weighted by Gasteiger charge is 1.71. The Kier molecular flexibility index (Phi) is 22.5. The first-order chi connectivity index (χ1) is 6.83. The number of unbranched alkanes of at least 4 members (excludes halogenated alkanes) is 2. The minimum absolute atomic E-state index is 0.632. The Balaban J connectivity index is -0.000000144. The molecule has 15 heavy (non-hydrogen) atoms. The molecule has 0 rings (SSSR count). The Bertz CT molecular complexity index is 121. The summed E-state index contributed by atoms with van der Waals surface area (Å²) in [4.78, 5) is 18.2. The number of hydrogen-bond acceptors (Lipinski definition) is 3. The molecule has 0 aromatic heterocycles. The van der Waals surface area contributed by atoms with Crippen molar-refractivity contribution in [3.63, 3.8) is 0 Å².